The van der Waals surface area contributed by atoms with Gasteiger partial charge in [-0.1, -0.05) is 62.7 Å². The Morgan fingerprint density at radius 2 is 1.88 bits per heavy atom. The number of aromatic amines is 1. The number of ether oxygens (including phenoxy) is 1. The molecule has 0 atom stereocenters. The lowest BCUT2D eigenvalue weighted by Gasteiger charge is -2.10. The van der Waals surface area contributed by atoms with Crippen molar-refractivity contribution in [2.24, 2.45) is 5.10 Å². The minimum atomic E-state index is -1.03. The molecule has 2 amide bonds. The number of hydrogen-bond donors (Lipinski definition) is 3. The molecule has 1 aromatic heterocycles. The van der Waals surface area contributed by atoms with Crippen molar-refractivity contribution < 1.29 is 14.3 Å². The second-order valence-corrected chi connectivity index (χ2v) is 8.22. The normalized spacial score (nSPS) is 10.6. The fraction of sp³-hybridized carbons (Fsp3) is 0.333. The molecule has 0 unspecified atom stereocenters. The molecule has 0 spiro atoms. The van der Waals surface area contributed by atoms with Crippen LogP contribution in [0.4, 0.5) is 10.5 Å². The maximum absolute atomic E-state index is 11.9. The molecule has 2 aromatic rings. The third-order valence-electron chi connectivity index (χ3n) is 3.74. The third kappa shape index (κ3) is 8.37. The second kappa shape index (κ2) is 14.2. The summed E-state index contributed by atoms with van der Waals surface area (Å²) in [6.07, 6.45) is -0.996. The van der Waals surface area contributed by atoms with Gasteiger partial charge in [0.15, 0.2) is 0 Å². The van der Waals surface area contributed by atoms with Crippen LogP contribution in [0.2, 0.25) is 10.0 Å². The van der Waals surface area contributed by atoms with E-state index < -0.39 is 17.7 Å². The van der Waals surface area contributed by atoms with E-state index in [0.29, 0.717) is 21.2 Å². The molecule has 0 saturated carbocycles. The molecular weight excluding hydrogens is 503 g/mol. The van der Waals surface area contributed by atoms with Crippen molar-refractivity contribution in [1.82, 2.24) is 15.5 Å². The van der Waals surface area contributed by atoms with Gasteiger partial charge < -0.3 is 4.74 Å². The van der Waals surface area contributed by atoms with Crippen LogP contribution in [0.25, 0.3) is 0 Å². The molecule has 34 heavy (non-hydrogen) atoms. The molecule has 2 rings (SSSR count). The first kappa shape index (κ1) is 29.0. The van der Waals surface area contributed by atoms with Gasteiger partial charge in [0.05, 0.1) is 27.2 Å². The van der Waals surface area contributed by atoms with Crippen LogP contribution in [0.1, 0.15) is 46.1 Å². The first-order valence-corrected chi connectivity index (χ1v) is 11.7. The van der Waals surface area contributed by atoms with Gasteiger partial charge in [-0.25, -0.2) is 9.89 Å². The van der Waals surface area contributed by atoms with Crippen LogP contribution in [0.3, 0.4) is 0 Å². The number of aromatic nitrogens is 2. The number of carbonyl (C=O) groups excluding carboxylic acids is 2. The van der Waals surface area contributed by atoms with Crippen LogP contribution < -0.4 is 16.3 Å². The molecule has 1 aromatic carbocycles. The topological polar surface area (TPSA) is 149 Å². The van der Waals surface area contributed by atoms with E-state index in [0.717, 1.165) is 11.8 Å². The molecule has 10 nitrogen and oxygen atoms in total. The van der Waals surface area contributed by atoms with Gasteiger partial charge in [0.2, 0.25) is 5.71 Å². The Labute approximate surface area is 211 Å². The molecule has 1 heterocycles. The number of carbonyl (C=O) groups is 2. The highest BCUT2D eigenvalue weighted by Crippen LogP contribution is 2.40. The Morgan fingerprint density at radius 1 is 1.26 bits per heavy atom. The molecule has 0 aliphatic heterocycles. The largest absolute Gasteiger partial charge is 0.450 e. The van der Waals surface area contributed by atoms with Gasteiger partial charge in [0, 0.05) is 5.56 Å². The van der Waals surface area contributed by atoms with Gasteiger partial charge in [-0.2, -0.15) is 15.5 Å². The van der Waals surface area contributed by atoms with Gasteiger partial charge in [0.25, 0.3) is 11.5 Å². The van der Waals surface area contributed by atoms with E-state index in [2.05, 4.69) is 25.5 Å². The minimum absolute atomic E-state index is 0.00633. The fourth-order valence-corrected chi connectivity index (χ4v) is 3.79. The van der Waals surface area contributed by atoms with E-state index in [1.165, 1.54) is 12.1 Å². The summed E-state index contributed by atoms with van der Waals surface area (Å²) in [6.45, 7) is 9.41. The number of hydrogen-bond acceptors (Lipinski definition) is 9. The quantitative estimate of drug-likeness (QED) is 0.339. The number of nitrogens with zero attached hydrogens (tertiary/aromatic N) is 3. The van der Waals surface area contributed by atoms with Crippen molar-refractivity contribution in [3.8, 4) is 6.07 Å². The van der Waals surface area contributed by atoms with E-state index >= 15 is 0 Å². The predicted molar refractivity (Wildman–Crippen MR) is 133 cm³/mol. The number of amides is 2. The Hall–Kier alpha value is -3.07. The van der Waals surface area contributed by atoms with Crippen LogP contribution in [-0.2, 0) is 9.53 Å². The van der Waals surface area contributed by atoms with Crippen LogP contribution in [0, 0.1) is 11.3 Å². The number of nitrogens with one attached hydrogen (secondary N) is 3. The molecule has 13 heteroatoms. The van der Waals surface area contributed by atoms with Gasteiger partial charge >= 0.3 is 6.09 Å². The number of imide groups is 1. The summed E-state index contributed by atoms with van der Waals surface area (Å²) < 4.78 is 4.57. The average molecular weight is 527 g/mol. The third-order valence-corrected chi connectivity index (χ3v) is 5.63. The van der Waals surface area contributed by atoms with Gasteiger partial charge in [-0.3, -0.25) is 20.3 Å². The van der Waals surface area contributed by atoms with E-state index in [4.69, 9.17) is 28.5 Å². The van der Waals surface area contributed by atoms with Crippen molar-refractivity contribution in [3.63, 3.8) is 0 Å². The summed E-state index contributed by atoms with van der Waals surface area (Å²) in [5, 5.41) is 22.1. The van der Waals surface area contributed by atoms with Gasteiger partial charge in [-0.05, 0) is 31.0 Å². The number of benzene rings is 1. The Kier molecular flexibility index (Phi) is 12.1. The second-order valence-electron chi connectivity index (χ2n) is 6.38. The molecule has 182 valence electrons. The maximum Gasteiger partial charge on any atom is 0.414 e. The average Bonchev–Trinajstić information content (AvgIpc) is 2.79. The lowest BCUT2D eigenvalue weighted by molar-refractivity contribution is -0.114. The highest BCUT2D eigenvalue weighted by atomic mass is 35.5. The van der Waals surface area contributed by atoms with Gasteiger partial charge in [0.1, 0.15) is 11.1 Å². The molecule has 0 fully saturated rings. The molecular formula is C21H24Cl2N6O4S. The summed E-state index contributed by atoms with van der Waals surface area (Å²) in [5.74, 6) is -1.03. The standard InChI is InChI=1S/C19H18Cl2N6O4S.C2H6/c1-4-31-19(30)23-18(29)14(8-22)25-24-10-5-12(20)16(13(21)6-10)32-15-7-11(9(2)3)17(28)27-26-15;1-2/h5-7,9,24H,4H2,1-3H3,(H,27,28)(H,23,29,30);1-2H3/b25-14-;. The van der Waals surface area contributed by atoms with Crippen molar-refractivity contribution in [2.45, 2.75) is 50.5 Å². The summed E-state index contributed by atoms with van der Waals surface area (Å²) >= 11 is 13.8. The van der Waals surface area contributed by atoms with Crippen LogP contribution >= 0.6 is 35.0 Å². The number of H-pyrrole nitrogens is 1. The number of halogens is 2. The highest BCUT2D eigenvalue weighted by molar-refractivity contribution is 7.99. The van der Waals surface area contributed by atoms with Crippen molar-refractivity contribution in [2.75, 3.05) is 12.0 Å². The minimum Gasteiger partial charge on any atom is -0.450 e. The van der Waals surface area contributed by atoms with Crippen molar-refractivity contribution >= 4 is 58.4 Å². The lowest BCUT2D eigenvalue weighted by Crippen LogP contribution is -2.36. The SMILES string of the molecule is CC.CCOC(=O)NC(=O)/C(C#N)=N\Nc1cc(Cl)c(Sc2cc(C(C)C)c(=O)[nH]n2)c(Cl)c1. The fourth-order valence-electron chi connectivity index (χ4n) is 2.27. The molecule has 0 radical (unpaired) electrons. The Morgan fingerprint density at radius 3 is 2.41 bits per heavy atom. The van der Waals surface area contributed by atoms with Crippen molar-refractivity contribution in [3.05, 3.63) is 44.2 Å². The first-order valence-electron chi connectivity index (χ1n) is 10.1. The summed E-state index contributed by atoms with van der Waals surface area (Å²) in [4.78, 5) is 35.5. The highest BCUT2D eigenvalue weighted by Gasteiger charge is 2.17. The Balaban J connectivity index is 0.00000281. The molecule has 0 aliphatic carbocycles. The lowest BCUT2D eigenvalue weighted by atomic mass is 10.1. The van der Waals surface area contributed by atoms with Crippen LogP contribution in [0.5, 0.6) is 0 Å². The van der Waals surface area contributed by atoms with Crippen molar-refractivity contribution in [1.29, 1.82) is 5.26 Å². The van der Waals surface area contributed by atoms with Gasteiger partial charge in [-0.15, -0.1) is 0 Å². The zero-order valence-corrected chi connectivity index (χ0v) is 21.5. The van der Waals surface area contributed by atoms with E-state index in [1.807, 2.05) is 33.0 Å². The number of alkyl carbamates (subject to hydrolysis) is 1. The number of nitriles is 1. The molecule has 0 saturated heterocycles. The van der Waals surface area contributed by atoms with E-state index in [9.17, 15) is 14.4 Å². The van der Waals surface area contributed by atoms with Crippen LogP contribution in [0.15, 0.2) is 38.0 Å². The monoisotopic (exact) mass is 526 g/mol. The maximum atomic E-state index is 11.9. The Bertz CT molecular complexity index is 1140. The number of rotatable bonds is 7. The van der Waals surface area contributed by atoms with E-state index in [-0.39, 0.29) is 28.1 Å². The molecule has 3 N–H and O–H groups in total. The smallest absolute Gasteiger partial charge is 0.414 e. The molecule has 0 bridgehead atoms. The van der Waals surface area contributed by atoms with Crippen LogP contribution in [-0.4, -0.2) is 34.5 Å². The van der Waals surface area contributed by atoms with E-state index in [1.54, 1.807) is 19.1 Å². The number of anilines is 1. The zero-order chi connectivity index (χ0) is 25.8. The predicted octanol–water partition coefficient (Wildman–Crippen LogP) is 4.94. The summed E-state index contributed by atoms with van der Waals surface area (Å²) in [6, 6.07) is 6.19. The summed E-state index contributed by atoms with van der Waals surface area (Å²) in [5.41, 5.74) is 2.49. The zero-order valence-electron chi connectivity index (χ0n) is 19.2. The first-order chi connectivity index (χ1) is 16.2. The summed E-state index contributed by atoms with van der Waals surface area (Å²) in [7, 11) is 0. The number of hydrazone groups is 1. The molecule has 0 aliphatic rings.